The van der Waals surface area contributed by atoms with E-state index in [9.17, 15) is 4.79 Å². The number of rotatable bonds is 7. The molecule has 1 amide bonds. The Balaban J connectivity index is 1.44. The number of aryl methyl sites for hydroxylation is 1. The molecule has 0 spiro atoms. The van der Waals surface area contributed by atoms with Crippen LogP contribution in [0.3, 0.4) is 0 Å². The number of para-hydroxylation sites is 1. The lowest BCUT2D eigenvalue weighted by Gasteiger charge is -2.17. The standard InChI is InChI=1S/C21H28N4OS/c1-3-22-21(24-15-18-11-10-16(2)27-18)23-13-6-9-20(26)25-14-12-17-7-4-5-8-19(17)25/h4-5,7-8,10-11H,3,6,9,12-15H2,1-2H3,(H2,22,23,24). The maximum Gasteiger partial charge on any atom is 0.227 e. The maximum absolute atomic E-state index is 12.5. The van der Waals surface area contributed by atoms with Crippen molar-refractivity contribution in [1.29, 1.82) is 0 Å². The van der Waals surface area contributed by atoms with Crippen molar-refractivity contribution in [2.75, 3.05) is 24.5 Å². The van der Waals surface area contributed by atoms with E-state index in [2.05, 4.69) is 47.7 Å². The fraction of sp³-hybridized carbons (Fsp3) is 0.429. The van der Waals surface area contributed by atoms with Crippen LogP contribution in [0.5, 0.6) is 0 Å². The lowest BCUT2D eigenvalue weighted by molar-refractivity contribution is -0.118. The molecule has 0 radical (unpaired) electrons. The van der Waals surface area contributed by atoms with Crippen molar-refractivity contribution in [2.24, 2.45) is 4.99 Å². The summed E-state index contributed by atoms with van der Waals surface area (Å²) in [6, 6.07) is 12.4. The van der Waals surface area contributed by atoms with Gasteiger partial charge in [0.2, 0.25) is 5.91 Å². The number of guanidine groups is 1. The average molecular weight is 385 g/mol. The third kappa shape index (κ3) is 5.32. The van der Waals surface area contributed by atoms with Crippen molar-refractivity contribution in [3.63, 3.8) is 0 Å². The minimum atomic E-state index is 0.206. The number of fused-ring (bicyclic) bond motifs is 1. The molecule has 5 nitrogen and oxygen atoms in total. The minimum Gasteiger partial charge on any atom is -0.357 e. The van der Waals surface area contributed by atoms with E-state index < -0.39 is 0 Å². The zero-order valence-electron chi connectivity index (χ0n) is 16.1. The molecule has 1 aliphatic rings. The summed E-state index contributed by atoms with van der Waals surface area (Å²) < 4.78 is 0. The van der Waals surface area contributed by atoms with Crippen LogP contribution in [0.4, 0.5) is 5.69 Å². The number of nitrogens with one attached hydrogen (secondary N) is 2. The van der Waals surface area contributed by atoms with Gasteiger partial charge in [-0.25, -0.2) is 4.99 Å². The molecular weight excluding hydrogens is 356 g/mol. The van der Waals surface area contributed by atoms with Gasteiger partial charge in [0.05, 0.1) is 6.54 Å². The Kier molecular flexibility index (Phi) is 6.87. The summed E-state index contributed by atoms with van der Waals surface area (Å²) in [4.78, 5) is 21.7. The Hall–Kier alpha value is -2.34. The Labute approximate surface area is 165 Å². The lowest BCUT2D eigenvalue weighted by Crippen LogP contribution is -2.38. The highest BCUT2D eigenvalue weighted by atomic mass is 32.1. The van der Waals surface area contributed by atoms with Crippen molar-refractivity contribution >= 4 is 28.9 Å². The summed E-state index contributed by atoms with van der Waals surface area (Å²) in [5.41, 5.74) is 2.35. The molecule has 2 aromatic rings. The van der Waals surface area contributed by atoms with Crippen LogP contribution in [0.2, 0.25) is 0 Å². The van der Waals surface area contributed by atoms with Gasteiger partial charge < -0.3 is 15.5 Å². The quantitative estimate of drug-likeness (QED) is 0.437. The summed E-state index contributed by atoms with van der Waals surface area (Å²) in [7, 11) is 0. The molecule has 1 aliphatic heterocycles. The van der Waals surface area contributed by atoms with Gasteiger partial charge in [-0.05, 0) is 50.5 Å². The molecule has 0 atom stereocenters. The van der Waals surface area contributed by atoms with Gasteiger partial charge in [0, 0.05) is 41.5 Å². The second-order valence-electron chi connectivity index (χ2n) is 6.66. The Bertz CT molecular complexity index is 799. The van der Waals surface area contributed by atoms with E-state index in [1.165, 1.54) is 15.3 Å². The van der Waals surface area contributed by atoms with E-state index in [0.717, 1.165) is 44.1 Å². The van der Waals surface area contributed by atoms with Crippen molar-refractivity contribution in [3.8, 4) is 0 Å². The number of hydrogen-bond donors (Lipinski definition) is 2. The lowest BCUT2D eigenvalue weighted by atomic mass is 10.2. The number of amides is 1. The van der Waals surface area contributed by atoms with Crippen LogP contribution < -0.4 is 15.5 Å². The van der Waals surface area contributed by atoms with E-state index in [-0.39, 0.29) is 5.91 Å². The van der Waals surface area contributed by atoms with Gasteiger partial charge in [0.25, 0.3) is 0 Å². The summed E-state index contributed by atoms with van der Waals surface area (Å²) in [6.45, 7) is 7.19. The van der Waals surface area contributed by atoms with Gasteiger partial charge in [0.1, 0.15) is 0 Å². The van der Waals surface area contributed by atoms with Gasteiger partial charge in [-0.1, -0.05) is 18.2 Å². The fourth-order valence-electron chi connectivity index (χ4n) is 3.25. The van der Waals surface area contributed by atoms with Crippen LogP contribution in [-0.4, -0.2) is 31.5 Å². The van der Waals surface area contributed by atoms with Crippen LogP contribution in [0.1, 0.15) is 35.1 Å². The van der Waals surface area contributed by atoms with E-state index in [1.54, 1.807) is 11.3 Å². The molecule has 1 aromatic heterocycles. The van der Waals surface area contributed by atoms with Crippen molar-refractivity contribution in [3.05, 3.63) is 51.7 Å². The molecule has 6 heteroatoms. The molecule has 0 unspecified atom stereocenters. The molecule has 1 aromatic carbocycles. The van der Waals surface area contributed by atoms with Crippen LogP contribution in [-0.2, 0) is 17.8 Å². The minimum absolute atomic E-state index is 0.206. The fourth-order valence-corrected chi connectivity index (χ4v) is 4.06. The number of hydrogen-bond acceptors (Lipinski definition) is 3. The molecule has 0 fully saturated rings. The van der Waals surface area contributed by atoms with Crippen LogP contribution in [0.25, 0.3) is 0 Å². The second kappa shape index (κ2) is 9.55. The molecule has 2 heterocycles. The van der Waals surface area contributed by atoms with Crippen LogP contribution >= 0.6 is 11.3 Å². The summed E-state index contributed by atoms with van der Waals surface area (Å²) in [6.07, 6.45) is 2.30. The number of nitrogens with zero attached hydrogens (tertiary/aromatic N) is 2. The first kappa shape index (κ1) is 19.4. The zero-order chi connectivity index (χ0) is 19.1. The first-order valence-corrected chi connectivity index (χ1v) is 10.4. The molecular formula is C21H28N4OS. The molecule has 2 N–H and O–H groups in total. The number of aliphatic imine (C=N–C) groups is 1. The number of carbonyl (C=O) groups is 1. The van der Waals surface area contributed by atoms with E-state index in [4.69, 9.17) is 0 Å². The highest BCUT2D eigenvalue weighted by Crippen LogP contribution is 2.27. The second-order valence-corrected chi connectivity index (χ2v) is 8.03. The SMILES string of the molecule is CCNC(=NCc1ccc(C)s1)NCCCC(=O)N1CCc2ccccc21. The van der Waals surface area contributed by atoms with Gasteiger partial charge in [-0.3, -0.25) is 4.79 Å². The van der Waals surface area contributed by atoms with Crippen molar-refractivity contribution in [1.82, 2.24) is 10.6 Å². The average Bonchev–Trinajstić information content (AvgIpc) is 3.29. The number of benzene rings is 1. The maximum atomic E-state index is 12.5. The van der Waals surface area contributed by atoms with Gasteiger partial charge in [-0.15, -0.1) is 11.3 Å². The molecule has 0 aliphatic carbocycles. The molecule has 0 bridgehead atoms. The molecule has 144 valence electrons. The molecule has 3 rings (SSSR count). The first-order valence-electron chi connectivity index (χ1n) is 9.63. The van der Waals surface area contributed by atoms with Gasteiger partial charge in [0.15, 0.2) is 5.96 Å². The summed E-state index contributed by atoms with van der Waals surface area (Å²) >= 11 is 1.78. The predicted octanol–water partition coefficient (Wildman–Crippen LogP) is 3.48. The first-order chi connectivity index (χ1) is 13.2. The van der Waals surface area contributed by atoms with Crippen LogP contribution in [0.15, 0.2) is 41.4 Å². The highest BCUT2D eigenvalue weighted by Gasteiger charge is 2.23. The monoisotopic (exact) mass is 384 g/mol. The van der Waals surface area contributed by atoms with Crippen molar-refractivity contribution < 1.29 is 4.79 Å². The number of carbonyl (C=O) groups excluding carboxylic acids is 1. The van der Waals surface area contributed by atoms with Crippen molar-refractivity contribution in [2.45, 2.75) is 39.7 Å². The van der Waals surface area contributed by atoms with E-state index in [0.29, 0.717) is 13.0 Å². The Morgan fingerprint density at radius 3 is 2.85 bits per heavy atom. The molecule has 0 saturated carbocycles. The van der Waals surface area contributed by atoms with Gasteiger partial charge in [-0.2, -0.15) is 0 Å². The normalized spacial score (nSPS) is 13.6. The molecule has 0 saturated heterocycles. The number of anilines is 1. The van der Waals surface area contributed by atoms with Crippen LogP contribution in [0, 0.1) is 6.92 Å². The predicted molar refractivity (Wildman–Crippen MR) is 114 cm³/mol. The Morgan fingerprint density at radius 1 is 1.22 bits per heavy atom. The summed E-state index contributed by atoms with van der Waals surface area (Å²) in [5.74, 6) is 1.01. The van der Waals surface area contributed by atoms with Gasteiger partial charge >= 0.3 is 0 Å². The topological polar surface area (TPSA) is 56.7 Å². The Morgan fingerprint density at radius 2 is 2.07 bits per heavy atom. The van der Waals surface area contributed by atoms with E-state index >= 15 is 0 Å². The zero-order valence-corrected chi connectivity index (χ0v) is 16.9. The van der Waals surface area contributed by atoms with E-state index in [1.807, 2.05) is 23.1 Å². The highest BCUT2D eigenvalue weighted by molar-refractivity contribution is 7.11. The summed E-state index contributed by atoms with van der Waals surface area (Å²) in [5, 5.41) is 6.60. The molecule has 27 heavy (non-hydrogen) atoms. The smallest absolute Gasteiger partial charge is 0.227 e. The number of thiophene rings is 1. The third-order valence-electron chi connectivity index (χ3n) is 4.58. The third-order valence-corrected chi connectivity index (χ3v) is 5.57. The largest absolute Gasteiger partial charge is 0.357 e.